The minimum Gasteiger partial charge on any atom is -0.354 e. The summed E-state index contributed by atoms with van der Waals surface area (Å²) in [6.45, 7) is 4.58. The Labute approximate surface area is 103 Å². The average Bonchev–Trinajstić information content (AvgIpc) is 2.57. The highest BCUT2D eigenvalue weighted by Gasteiger charge is 2.21. The molecular formula is C9H19Cl2N3O. The third-order valence-electron chi connectivity index (χ3n) is 2.76. The number of nitrogens with one attached hydrogen (secondary N) is 2. The van der Waals surface area contributed by atoms with Crippen LogP contribution in [0, 0.1) is 0 Å². The zero-order valence-corrected chi connectivity index (χ0v) is 10.3. The second-order valence-corrected chi connectivity index (χ2v) is 3.88. The van der Waals surface area contributed by atoms with E-state index in [2.05, 4.69) is 15.5 Å². The number of rotatable bonds is 2. The maximum absolute atomic E-state index is 11.1. The Balaban J connectivity index is 0.000000980. The van der Waals surface area contributed by atoms with Gasteiger partial charge in [0.15, 0.2) is 0 Å². The fraction of sp³-hybridized carbons (Fsp3) is 0.889. The van der Waals surface area contributed by atoms with Crippen LogP contribution < -0.4 is 10.6 Å². The second-order valence-electron chi connectivity index (χ2n) is 3.88. The number of halogens is 2. The van der Waals surface area contributed by atoms with Crippen LogP contribution in [0.2, 0.25) is 0 Å². The van der Waals surface area contributed by atoms with Crippen molar-refractivity contribution >= 4 is 30.7 Å². The van der Waals surface area contributed by atoms with Gasteiger partial charge in [-0.05, 0) is 19.4 Å². The molecule has 1 unspecified atom stereocenters. The summed E-state index contributed by atoms with van der Waals surface area (Å²) in [6.07, 6.45) is 2.54. The van der Waals surface area contributed by atoms with E-state index in [1.54, 1.807) is 0 Å². The van der Waals surface area contributed by atoms with E-state index in [0.29, 0.717) is 12.6 Å². The predicted molar refractivity (Wildman–Crippen MR) is 65.0 cm³/mol. The summed E-state index contributed by atoms with van der Waals surface area (Å²) >= 11 is 0. The van der Waals surface area contributed by atoms with Crippen LogP contribution >= 0.6 is 24.8 Å². The Kier molecular flexibility index (Phi) is 7.26. The van der Waals surface area contributed by atoms with Gasteiger partial charge in [0.2, 0.25) is 5.91 Å². The molecule has 4 nitrogen and oxygen atoms in total. The van der Waals surface area contributed by atoms with E-state index in [9.17, 15) is 4.79 Å². The predicted octanol–water partition coefficient (Wildman–Crippen LogP) is 0.0138. The van der Waals surface area contributed by atoms with Gasteiger partial charge in [-0.3, -0.25) is 9.69 Å². The third kappa shape index (κ3) is 4.55. The Hall–Kier alpha value is -0.0300. The van der Waals surface area contributed by atoms with Crippen LogP contribution in [0.15, 0.2) is 0 Å². The number of nitrogens with zero attached hydrogens (tertiary/aromatic N) is 1. The monoisotopic (exact) mass is 255 g/mol. The maximum atomic E-state index is 11.1. The van der Waals surface area contributed by atoms with Gasteiger partial charge in [-0.2, -0.15) is 0 Å². The summed E-state index contributed by atoms with van der Waals surface area (Å²) in [4.78, 5) is 13.3. The van der Waals surface area contributed by atoms with Crippen LogP contribution in [0.25, 0.3) is 0 Å². The van der Waals surface area contributed by atoms with Gasteiger partial charge in [0.05, 0.1) is 6.54 Å². The summed E-state index contributed by atoms with van der Waals surface area (Å²) in [5.74, 6) is 0.171. The molecule has 0 aromatic heterocycles. The lowest BCUT2D eigenvalue weighted by molar-refractivity contribution is -0.124. The topological polar surface area (TPSA) is 44.4 Å². The highest BCUT2D eigenvalue weighted by Crippen LogP contribution is 2.07. The zero-order valence-electron chi connectivity index (χ0n) is 8.70. The average molecular weight is 256 g/mol. The molecule has 6 heteroatoms. The molecule has 0 aliphatic carbocycles. The largest absolute Gasteiger partial charge is 0.354 e. The number of amides is 1. The molecule has 2 saturated heterocycles. The van der Waals surface area contributed by atoms with Gasteiger partial charge in [0.25, 0.3) is 0 Å². The van der Waals surface area contributed by atoms with Crippen molar-refractivity contribution in [2.24, 2.45) is 0 Å². The molecule has 0 spiro atoms. The Bertz CT molecular complexity index is 198. The van der Waals surface area contributed by atoms with Gasteiger partial charge in [-0.15, -0.1) is 24.8 Å². The number of carbonyl (C=O) groups excluding carboxylic acids is 1. The molecule has 2 rings (SSSR count). The van der Waals surface area contributed by atoms with E-state index >= 15 is 0 Å². The number of carbonyl (C=O) groups is 1. The first-order chi connectivity index (χ1) is 6.34. The fourth-order valence-electron chi connectivity index (χ4n) is 2.07. The van der Waals surface area contributed by atoms with E-state index in [-0.39, 0.29) is 30.7 Å². The molecular weight excluding hydrogens is 237 g/mol. The summed E-state index contributed by atoms with van der Waals surface area (Å²) in [5.41, 5.74) is 0. The van der Waals surface area contributed by atoms with Crippen LogP contribution in [0.4, 0.5) is 0 Å². The molecule has 2 aliphatic heterocycles. The molecule has 0 aromatic rings. The lowest BCUT2D eigenvalue weighted by atomic mass is 10.2. The van der Waals surface area contributed by atoms with Crippen LogP contribution in [-0.4, -0.2) is 49.6 Å². The number of piperazine rings is 1. The van der Waals surface area contributed by atoms with Gasteiger partial charge in [-0.25, -0.2) is 0 Å². The first-order valence-electron chi connectivity index (χ1n) is 5.07. The molecule has 0 bridgehead atoms. The van der Waals surface area contributed by atoms with Crippen molar-refractivity contribution in [1.29, 1.82) is 0 Å². The highest BCUT2D eigenvalue weighted by molar-refractivity contribution is 5.85. The van der Waals surface area contributed by atoms with Crippen molar-refractivity contribution in [3.8, 4) is 0 Å². The van der Waals surface area contributed by atoms with Crippen molar-refractivity contribution in [2.75, 3.05) is 32.7 Å². The van der Waals surface area contributed by atoms with Crippen molar-refractivity contribution in [3.63, 3.8) is 0 Å². The second kappa shape index (κ2) is 7.28. The zero-order chi connectivity index (χ0) is 9.10. The Morgan fingerprint density at radius 2 is 2.13 bits per heavy atom. The lowest BCUT2D eigenvalue weighted by Gasteiger charge is -2.28. The standard InChI is InChI=1S/C9H17N3O.2ClH/c13-9-7-12(5-4-11-9)6-8-2-1-3-10-8;;/h8,10H,1-7H2,(H,11,13);2*1H. The van der Waals surface area contributed by atoms with Crippen LogP contribution in [0.5, 0.6) is 0 Å². The fourth-order valence-corrected chi connectivity index (χ4v) is 2.07. The maximum Gasteiger partial charge on any atom is 0.234 e. The summed E-state index contributed by atoms with van der Waals surface area (Å²) in [7, 11) is 0. The molecule has 2 fully saturated rings. The number of hydrogen-bond acceptors (Lipinski definition) is 3. The van der Waals surface area contributed by atoms with Crippen LogP contribution in [0.3, 0.4) is 0 Å². The molecule has 2 heterocycles. The molecule has 15 heavy (non-hydrogen) atoms. The smallest absolute Gasteiger partial charge is 0.234 e. The SMILES string of the molecule is Cl.Cl.O=C1CN(CC2CCCN2)CCN1. The summed E-state index contributed by atoms with van der Waals surface area (Å²) in [6, 6.07) is 0.617. The van der Waals surface area contributed by atoms with Crippen molar-refractivity contribution in [1.82, 2.24) is 15.5 Å². The van der Waals surface area contributed by atoms with E-state index in [1.165, 1.54) is 12.8 Å². The van der Waals surface area contributed by atoms with E-state index in [0.717, 1.165) is 26.2 Å². The molecule has 2 aliphatic rings. The van der Waals surface area contributed by atoms with Gasteiger partial charge >= 0.3 is 0 Å². The van der Waals surface area contributed by atoms with Crippen LogP contribution in [0.1, 0.15) is 12.8 Å². The van der Waals surface area contributed by atoms with E-state index in [4.69, 9.17) is 0 Å². The minimum atomic E-state index is 0. The molecule has 2 N–H and O–H groups in total. The van der Waals surface area contributed by atoms with E-state index < -0.39 is 0 Å². The first-order valence-corrected chi connectivity index (χ1v) is 5.07. The van der Waals surface area contributed by atoms with Crippen molar-refractivity contribution < 1.29 is 4.79 Å². The Morgan fingerprint density at radius 3 is 2.73 bits per heavy atom. The van der Waals surface area contributed by atoms with Crippen LogP contribution in [-0.2, 0) is 4.79 Å². The van der Waals surface area contributed by atoms with Gasteiger partial charge < -0.3 is 10.6 Å². The molecule has 1 amide bonds. The molecule has 0 radical (unpaired) electrons. The molecule has 1 atom stereocenters. The lowest BCUT2D eigenvalue weighted by Crippen LogP contribution is -2.50. The Morgan fingerprint density at radius 1 is 1.33 bits per heavy atom. The van der Waals surface area contributed by atoms with Gasteiger partial charge in [-0.1, -0.05) is 0 Å². The quantitative estimate of drug-likeness (QED) is 0.731. The van der Waals surface area contributed by atoms with Crippen molar-refractivity contribution in [2.45, 2.75) is 18.9 Å². The summed E-state index contributed by atoms with van der Waals surface area (Å²) < 4.78 is 0. The summed E-state index contributed by atoms with van der Waals surface area (Å²) in [5, 5.41) is 6.28. The third-order valence-corrected chi connectivity index (χ3v) is 2.76. The van der Waals surface area contributed by atoms with Gasteiger partial charge in [0, 0.05) is 25.7 Å². The molecule has 0 aromatic carbocycles. The molecule has 0 saturated carbocycles. The van der Waals surface area contributed by atoms with E-state index in [1.807, 2.05) is 0 Å². The number of hydrogen-bond donors (Lipinski definition) is 2. The minimum absolute atomic E-state index is 0. The van der Waals surface area contributed by atoms with Gasteiger partial charge in [0.1, 0.15) is 0 Å². The normalized spacial score (nSPS) is 26.4. The van der Waals surface area contributed by atoms with Crippen molar-refractivity contribution in [3.05, 3.63) is 0 Å². The highest BCUT2D eigenvalue weighted by atomic mass is 35.5. The first kappa shape index (κ1) is 15.0. The molecule has 90 valence electrons.